The molecule has 0 fully saturated rings. The van der Waals surface area contributed by atoms with E-state index in [1.165, 1.54) is 0 Å². The molecule has 24 rings (SSSR count). The van der Waals surface area contributed by atoms with Gasteiger partial charge in [0.15, 0.2) is 29.1 Å². The predicted octanol–water partition coefficient (Wildman–Crippen LogP) is 29.6. The van der Waals surface area contributed by atoms with Crippen molar-refractivity contribution in [1.29, 1.82) is 0 Å². The van der Waals surface area contributed by atoms with Crippen LogP contribution in [0, 0.1) is 0 Å². The van der Waals surface area contributed by atoms with Crippen LogP contribution in [-0.2, 0) is 0 Å². The number of hydrogen-bond donors (Lipinski definition) is 0. The molecule has 24 aromatic rings. The fraction of sp³-hybridized carbons (Fsp3) is 0. The lowest BCUT2D eigenvalue weighted by atomic mass is 9.91. The van der Waals surface area contributed by atoms with Crippen LogP contribution in [0.15, 0.2) is 495 Å². The highest BCUT2D eigenvalue weighted by molar-refractivity contribution is 5.98. The lowest BCUT2D eigenvalue weighted by molar-refractivity contribution is 0.659. The second kappa shape index (κ2) is 36.6. The minimum absolute atomic E-state index is 0.0158. The summed E-state index contributed by atoms with van der Waals surface area (Å²) in [5, 5.41) is 3.47. The van der Waals surface area contributed by atoms with Crippen molar-refractivity contribution in [3.05, 3.63) is 498 Å². The van der Waals surface area contributed by atoms with E-state index >= 15 is 0 Å². The lowest BCUT2D eigenvalue weighted by Gasteiger charge is -2.15. The molecular weight excluding hydrogens is 1660 g/mol. The number of aromatic nitrogens is 7. The molecule has 0 aliphatic heterocycles. The Kier molecular flexibility index (Phi) is 22.3. The Balaban J connectivity index is 0.000000118. The third-order valence-electron chi connectivity index (χ3n) is 24.2. The van der Waals surface area contributed by atoms with Crippen molar-refractivity contribution in [3.8, 4) is 169 Å². The molecule has 636 valence electrons. The first-order valence-electron chi connectivity index (χ1n) is 44.5. The van der Waals surface area contributed by atoms with Crippen LogP contribution >= 0.6 is 0 Å². The minimum Gasteiger partial charge on any atom is -0.456 e. The van der Waals surface area contributed by atoms with Gasteiger partial charge in [-0.15, -0.1) is 0 Å². The van der Waals surface area contributed by atoms with Gasteiger partial charge >= 0.3 is 0 Å². The van der Waals surface area contributed by atoms with Gasteiger partial charge in [0.1, 0.15) is 33.5 Å². The van der Waals surface area contributed by atoms with Gasteiger partial charge in [-0.3, -0.25) is 14.4 Å². The van der Waals surface area contributed by atoms with Gasteiger partial charge in [0.25, 0.3) is 0 Å². The summed E-state index contributed by atoms with van der Waals surface area (Å²) in [6.07, 6.45) is 0. The number of benzene rings is 18. The average Bonchev–Trinajstić information content (AvgIpc) is 0.769. The van der Waals surface area contributed by atoms with Crippen LogP contribution in [0.2, 0.25) is 0 Å². The zero-order chi connectivity index (χ0) is 90.5. The summed E-state index contributed by atoms with van der Waals surface area (Å²) >= 11 is 0. The van der Waals surface area contributed by atoms with E-state index in [-0.39, 0.29) is 16.3 Å². The Morgan fingerprint density at radius 3 is 0.822 bits per heavy atom. The fourth-order valence-electron chi connectivity index (χ4n) is 17.3. The Hall–Kier alpha value is -18.5. The first-order valence-corrected chi connectivity index (χ1v) is 44.5. The van der Waals surface area contributed by atoms with E-state index in [1.807, 2.05) is 291 Å². The zero-order valence-corrected chi connectivity index (χ0v) is 72.5. The van der Waals surface area contributed by atoms with Crippen molar-refractivity contribution < 1.29 is 13.3 Å². The van der Waals surface area contributed by atoms with Crippen molar-refractivity contribution in [3.63, 3.8) is 0 Å². The van der Waals surface area contributed by atoms with Crippen LogP contribution in [0.3, 0.4) is 0 Å². The van der Waals surface area contributed by atoms with Crippen molar-refractivity contribution in [2.24, 2.45) is 0 Å². The van der Waals surface area contributed by atoms with Gasteiger partial charge in [-0.1, -0.05) is 364 Å². The summed E-state index contributed by atoms with van der Waals surface area (Å²) in [6.45, 7) is 0. The molecule has 0 unspecified atom stereocenters. The molecule has 0 saturated heterocycles. The summed E-state index contributed by atoms with van der Waals surface area (Å²) in [5.41, 5.74) is 27.9. The summed E-state index contributed by atoms with van der Waals surface area (Å²) in [6, 6.07) is 154. The van der Waals surface area contributed by atoms with E-state index in [0.717, 1.165) is 140 Å². The van der Waals surface area contributed by atoms with Gasteiger partial charge < -0.3 is 13.3 Å². The maximum atomic E-state index is 13.2. The SMILES string of the molecule is O=c1c2ccccc2oc2cc(-c3cccc(-c4cccc(-c5nc(-c6ccccc6)cc(-c6ccccc6)n5)c4)c3)ccc12.O=c1c2ccccc2oc2cc(-c3ccccc3-c3ccccc3-c3nc(-c4ccccc4)cc(-c4ccccc4)n3)ccc12.O=c1c2ccccc2oc2ccc(-c3cccc(-c4ccc(-c5nc(-c6ccccc6)nc(-c6ccccc6)n5)cc4)c3)cc12. The monoisotopic (exact) mass is 1740 g/mol. The molecule has 135 heavy (non-hydrogen) atoms. The summed E-state index contributed by atoms with van der Waals surface area (Å²) in [4.78, 5) is 74.2. The van der Waals surface area contributed by atoms with E-state index in [2.05, 4.69) is 158 Å². The van der Waals surface area contributed by atoms with Gasteiger partial charge in [-0.2, -0.15) is 0 Å². The number of nitrogens with zero attached hydrogens (tertiary/aromatic N) is 7. The molecule has 18 aromatic carbocycles. The first-order chi connectivity index (χ1) is 66.6. The molecule has 0 N–H and O–H groups in total. The Bertz CT molecular complexity index is 8630. The molecule has 6 heterocycles. The van der Waals surface area contributed by atoms with Gasteiger partial charge in [-0.25, -0.2) is 34.9 Å². The number of para-hydroxylation sites is 3. The third-order valence-corrected chi connectivity index (χ3v) is 24.2. The van der Waals surface area contributed by atoms with E-state index in [9.17, 15) is 14.4 Å². The molecule has 0 radical (unpaired) electrons. The maximum absolute atomic E-state index is 13.2. The summed E-state index contributed by atoms with van der Waals surface area (Å²) in [7, 11) is 0. The van der Waals surface area contributed by atoms with E-state index in [0.29, 0.717) is 94.9 Å². The number of rotatable bonds is 15. The molecule has 0 atom stereocenters. The Morgan fingerprint density at radius 2 is 0.385 bits per heavy atom. The molecular formula is C122H77N7O6. The predicted molar refractivity (Wildman–Crippen MR) is 546 cm³/mol. The molecule has 0 aliphatic rings. The van der Waals surface area contributed by atoms with Crippen molar-refractivity contribution >= 4 is 65.8 Å². The van der Waals surface area contributed by atoms with Crippen LogP contribution in [0.4, 0.5) is 0 Å². The maximum Gasteiger partial charge on any atom is 0.200 e. The molecule has 13 heteroatoms. The fourth-order valence-corrected chi connectivity index (χ4v) is 17.3. The average molecular weight is 1740 g/mol. The van der Waals surface area contributed by atoms with Gasteiger partial charge in [-0.05, 0) is 170 Å². The molecule has 0 spiro atoms. The normalized spacial score (nSPS) is 11.2. The second-order valence-corrected chi connectivity index (χ2v) is 32.8. The Morgan fingerprint density at radius 1 is 0.133 bits per heavy atom. The smallest absolute Gasteiger partial charge is 0.200 e. The van der Waals surface area contributed by atoms with Crippen molar-refractivity contribution in [2.75, 3.05) is 0 Å². The van der Waals surface area contributed by atoms with E-state index in [4.69, 9.17) is 48.1 Å². The topological polar surface area (TPSA) is 181 Å². The standard InChI is InChI=1S/2C41H26N2O2.C40H25N3O2/c44-40-34-19-7-8-20-38(34)45-39-25-32(21-22-35(39)40)30-16-9-15-29(23-30)31-17-10-18-33(24-31)41-42-36(27-11-3-1-4-12-27)26-37(43-41)28-13-5-2-6-14-28;44-40-34-21-11-12-22-38(34)45-39-25-29(23-24-35(39)40)30-17-7-8-18-31(30)32-19-9-10-20-33(32)41-42-36(27-13-3-1-4-14-27)26-37(43-41)28-15-5-2-6-16-28;44-37-33-16-7-8-17-35(33)45-36-23-22-32(25-34(36)37)31-15-9-14-30(24-31)26-18-20-29(21-19-26)40-42-38(27-10-3-1-4-11-27)41-39(43-40)28-12-5-2-6-13-28/h2*1-26H;1-25H. The van der Waals surface area contributed by atoms with Crippen LogP contribution in [0.5, 0.6) is 0 Å². The molecule has 0 aliphatic carbocycles. The quantitative estimate of drug-likeness (QED) is 0.0885. The van der Waals surface area contributed by atoms with E-state index in [1.54, 1.807) is 18.2 Å². The molecule has 0 amide bonds. The largest absolute Gasteiger partial charge is 0.456 e. The highest BCUT2D eigenvalue weighted by atomic mass is 16.3. The molecule has 0 bridgehead atoms. The molecule has 6 aromatic heterocycles. The van der Waals surface area contributed by atoms with Crippen molar-refractivity contribution in [1.82, 2.24) is 34.9 Å². The lowest BCUT2D eigenvalue weighted by Crippen LogP contribution is -2.01. The summed E-state index contributed by atoms with van der Waals surface area (Å²) in [5.74, 6) is 3.20. The van der Waals surface area contributed by atoms with E-state index < -0.39 is 0 Å². The molecule has 13 nitrogen and oxygen atoms in total. The Labute approximate surface area is 775 Å². The number of hydrogen-bond acceptors (Lipinski definition) is 13. The first kappa shape index (κ1) is 82.2. The highest BCUT2D eigenvalue weighted by Gasteiger charge is 2.22. The van der Waals surface area contributed by atoms with Crippen LogP contribution in [-0.4, -0.2) is 34.9 Å². The zero-order valence-electron chi connectivity index (χ0n) is 72.5. The van der Waals surface area contributed by atoms with Crippen LogP contribution in [0.1, 0.15) is 0 Å². The molecule has 0 saturated carbocycles. The third kappa shape index (κ3) is 17.1. The second-order valence-electron chi connectivity index (χ2n) is 32.8. The van der Waals surface area contributed by atoms with Crippen LogP contribution < -0.4 is 16.3 Å². The van der Waals surface area contributed by atoms with Gasteiger partial charge in [0, 0.05) is 50.1 Å². The highest BCUT2D eigenvalue weighted by Crippen LogP contribution is 2.42. The van der Waals surface area contributed by atoms with Gasteiger partial charge in [0.2, 0.25) is 16.3 Å². The van der Waals surface area contributed by atoms with Crippen LogP contribution in [0.25, 0.3) is 235 Å². The summed E-state index contributed by atoms with van der Waals surface area (Å²) < 4.78 is 18.4. The van der Waals surface area contributed by atoms with Crippen molar-refractivity contribution in [2.45, 2.75) is 0 Å². The number of fused-ring (bicyclic) bond motifs is 6. The minimum atomic E-state index is -0.0262. The van der Waals surface area contributed by atoms with Gasteiger partial charge in [0.05, 0.1) is 55.1 Å².